The minimum absolute atomic E-state index is 0.0809. The molecule has 2 aromatic heterocycles. The van der Waals surface area contributed by atoms with Crippen LogP contribution >= 0.6 is 34.9 Å². The number of rotatable bonds is 9. The molecule has 2 aliphatic heterocycles. The van der Waals surface area contributed by atoms with E-state index in [1.165, 1.54) is 28.4 Å². The summed E-state index contributed by atoms with van der Waals surface area (Å²) in [6, 6.07) is 2.76. The molecule has 196 valence electrons. The molecular formula is C24H22N6O5S3. The number of carboxylic acid groups (broad SMARTS) is 1. The topological polar surface area (TPSA) is 160 Å². The SMILES string of the molecule is Nc1nc(C(=NOC2C=CCC2)C(=O)NC2C(=O)N3C(C(=O)O)=C(SC=Cc4cccnc4)CS[C@@H]23)cs1. The molecule has 38 heavy (non-hydrogen) atoms. The van der Waals surface area contributed by atoms with Crippen molar-refractivity contribution in [2.24, 2.45) is 5.16 Å². The summed E-state index contributed by atoms with van der Waals surface area (Å²) in [6.07, 6.45) is 10.4. The number of nitrogens with one attached hydrogen (secondary N) is 1. The number of thioether (sulfide) groups is 2. The lowest BCUT2D eigenvalue weighted by Crippen LogP contribution is -2.71. The Morgan fingerprint density at radius 2 is 2.26 bits per heavy atom. The fourth-order valence-electron chi connectivity index (χ4n) is 3.97. The molecule has 1 saturated heterocycles. The lowest BCUT2D eigenvalue weighted by molar-refractivity contribution is -0.150. The predicted octanol–water partition coefficient (Wildman–Crippen LogP) is 2.66. The van der Waals surface area contributed by atoms with Crippen molar-refractivity contribution in [2.75, 3.05) is 11.5 Å². The Morgan fingerprint density at radius 3 is 2.95 bits per heavy atom. The van der Waals surface area contributed by atoms with Crippen molar-refractivity contribution in [3.8, 4) is 0 Å². The molecule has 3 aliphatic rings. The van der Waals surface area contributed by atoms with E-state index >= 15 is 0 Å². The van der Waals surface area contributed by atoms with Crippen LogP contribution in [0.25, 0.3) is 6.08 Å². The number of nitrogen functional groups attached to an aromatic ring is 1. The Labute approximate surface area is 229 Å². The molecule has 3 atom stereocenters. The number of aromatic nitrogens is 2. The van der Waals surface area contributed by atoms with Gasteiger partial charge in [0.1, 0.15) is 28.9 Å². The summed E-state index contributed by atoms with van der Waals surface area (Å²) in [5.74, 6) is -2.01. The average Bonchev–Trinajstić information content (AvgIpc) is 3.59. The van der Waals surface area contributed by atoms with Crippen molar-refractivity contribution in [3.63, 3.8) is 0 Å². The summed E-state index contributed by atoms with van der Waals surface area (Å²) in [4.78, 5) is 53.8. The normalized spacial score (nSPS) is 22.9. The zero-order valence-electron chi connectivity index (χ0n) is 19.7. The standard InChI is InChI=1S/C24H22N6O5S3/c25-24-27-15(11-38-24)17(29-35-14-5-1-2-6-14)20(31)28-18-21(32)30-19(23(33)34)16(12-37-22(18)30)36-9-7-13-4-3-8-26-10-13/h1,3-5,7-11,14,18,22H,2,6,12H2,(H2,25,27)(H,28,31)(H,33,34)/t14?,18?,22-/m0/s1. The maximum absolute atomic E-state index is 13.2. The van der Waals surface area contributed by atoms with Crippen LogP contribution in [0.4, 0.5) is 5.13 Å². The Bertz CT molecular complexity index is 1370. The van der Waals surface area contributed by atoms with Crippen LogP contribution in [0.1, 0.15) is 24.1 Å². The molecule has 5 rings (SSSR count). The van der Waals surface area contributed by atoms with Gasteiger partial charge in [0, 0.05) is 28.4 Å². The van der Waals surface area contributed by atoms with Gasteiger partial charge in [0.05, 0.1) is 0 Å². The van der Waals surface area contributed by atoms with Crippen LogP contribution in [0.15, 0.2) is 63.2 Å². The summed E-state index contributed by atoms with van der Waals surface area (Å²) in [5, 5.41) is 19.7. The van der Waals surface area contributed by atoms with Gasteiger partial charge in [-0.05, 0) is 42.0 Å². The predicted molar refractivity (Wildman–Crippen MR) is 147 cm³/mol. The molecule has 11 nitrogen and oxygen atoms in total. The molecule has 0 radical (unpaired) electrons. The molecule has 0 saturated carbocycles. The number of nitrogens with two attached hydrogens (primary N) is 1. The monoisotopic (exact) mass is 570 g/mol. The van der Waals surface area contributed by atoms with Gasteiger partial charge in [-0.2, -0.15) is 0 Å². The second-order valence-corrected chi connectivity index (χ2v) is 11.3. The number of allylic oxidation sites excluding steroid dienone is 1. The van der Waals surface area contributed by atoms with E-state index in [2.05, 4.69) is 20.4 Å². The smallest absolute Gasteiger partial charge is 0.353 e. The second kappa shape index (κ2) is 11.4. The number of hydrogen-bond donors (Lipinski definition) is 3. The van der Waals surface area contributed by atoms with Crippen molar-refractivity contribution in [3.05, 3.63) is 69.3 Å². The highest BCUT2D eigenvalue weighted by Gasteiger charge is 2.54. The van der Waals surface area contributed by atoms with E-state index in [9.17, 15) is 19.5 Å². The molecule has 0 bridgehead atoms. The summed E-state index contributed by atoms with van der Waals surface area (Å²) in [7, 11) is 0. The number of oxime groups is 1. The Balaban J connectivity index is 1.30. The first-order valence-electron chi connectivity index (χ1n) is 11.5. The number of carbonyl (C=O) groups excluding carboxylic acids is 2. The maximum Gasteiger partial charge on any atom is 0.353 e. The lowest BCUT2D eigenvalue weighted by atomic mass is 10.0. The lowest BCUT2D eigenvalue weighted by Gasteiger charge is -2.49. The second-order valence-electron chi connectivity index (χ2n) is 8.31. The van der Waals surface area contributed by atoms with Crippen molar-refractivity contribution in [2.45, 2.75) is 30.4 Å². The third kappa shape index (κ3) is 5.47. The van der Waals surface area contributed by atoms with Gasteiger partial charge < -0.3 is 21.0 Å². The van der Waals surface area contributed by atoms with E-state index in [1.54, 1.807) is 29.2 Å². The zero-order valence-corrected chi connectivity index (χ0v) is 22.2. The molecule has 1 fully saturated rings. The van der Waals surface area contributed by atoms with Crippen LogP contribution in [0, 0.1) is 0 Å². The summed E-state index contributed by atoms with van der Waals surface area (Å²) < 4.78 is 0. The Kier molecular flexibility index (Phi) is 7.81. The van der Waals surface area contributed by atoms with Gasteiger partial charge in [-0.1, -0.05) is 29.1 Å². The molecule has 14 heteroatoms. The largest absolute Gasteiger partial charge is 0.477 e. The highest BCUT2D eigenvalue weighted by atomic mass is 32.2. The van der Waals surface area contributed by atoms with E-state index in [-0.39, 0.29) is 28.3 Å². The van der Waals surface area contributed by atoms with Crippen molar-refractivity contribution >= 4 is 69.6 Å². The molecule has 0 aromatic carbocycles. The van der Waals surface area contributed by atoms with Gasteiger partial charge >= 0.3 is 5.97 Å². The molecule has 4 N–H and O–H groups in total. The van der Waals surface area contributed by atoms with Gasteiger partial charge in [0.15, 0.2) is 10.8 Å². The summed E-state index contributed by atoms with van der Waals surface area (Å²) in [6.45, 7) is 0. The number of aliphatic carboxylic acids is 1. The van der Waals surface area contributed by atoms with Crippen LogP contribution in [-0.4, -0.2) is 66.7 Å². The van der Waals surface area contributed by atoms with Crippen LogP contribution < -0.4 is 11.1 Å². The van der Waals surface area contributed by atoms with E-state index in [0.717, 1.165) is 29.7 Å². The molecular weight excluding hydrogens is 549 g/mol. The number of pyridine rings is 1. The summed E-state index contributed by atoms with van der Waals surface area (Å²) in [5.41, 5.74) is 6.66. The van der Waals surface area contributed by atoms with Gasteiger partial charge in [-0.15, -0.1) is 23.1 Å². The number of amides is 2. The number of hydrogen-bond acceptors (Lipinski definition) is 11. The fraction of sp³-hybridized carbons (Fsp3) is 0.250. The van der Waals surface area contributed by atoms with E-state index in [0.29, 0.717) is 10.7 Å². The quantitative estimate of drug-likeness (QED) is 0.177. The highest BCUT2D eigenvalue weighted by Crippen LogP contribution is 2.43. The molecule has 2 amide bonds. The first-order chi connectivity index (χ1) is 18.4. The van der Waals surface area contributed by atoms with Crippen LogP contribution in [-0.2, 0) is 19.2 Å². The molecule has 2 aromatic rings. The van der Waals surface area contributed by atoms with Crippen molar-refractivity contribution in [1.29, 1.82) is 0 Å². The third-order valence-corrected chi connectivity index (χ3v) is 8.84. The number of thiazole rings is 1. The van der Waals surface area contributed by atoms with E-state index in [4.69, 9.17) is 10.6 Å². The van der Waals surface area contributed by atoms with Crippen LogP contribution in [0.2, 0.25) is 0 Å². The van der Waals surface area contributed by atoms with E-state index < -0.39 is 29.2 Å². The van der Waals surface area contributed by atoms with E-state index in [1.807, 2.05) is 24.3 Å². The van der Waals surface area contributed by atoms with Gasteiger partial charge in [0.25, 0.3) is 11.8 Å². The van der Waals surface area contributed by atoms with Crippen LogP contribution in [0.5, 0.6) is 0 Å². The van der Waals surface area contributed by atoms with Crippen molar-refractivity contribution < 1.29 is 24.3 Å². The number of nitrogens with zero attached hydrogens (tertiary/aromatic N) is 4. The number of fused-ring (bicyclic) bond motifs is 1. The first-order valence-corrected chi connectivity index (χ1v) is 14.3. The fourth-order valence-corrected chi connectivity index (χ4v) is 6.88. The van der Waals surface area contributed by atoms with Gasteiger partial charge in [0.2, 0.25) is 0 Å². The van der Waals surface area contributed by atoms with Gasteiger partial charge in [-0.25, -0.2) is 9.78 Å². The number of carboxylic acids is 1. The number of β-lactam (4-membered cyclic amide) rings is 1. The minimum Gasteiger partial charge on any atom is -0.477 e. The minimum atomic E-state index is -1.20. The molecule has 2 unspecified atom stereocenters. The van der Waals surface area contributed by atoms with Crippen LogP contribution in [0.3, 0.4) is 0 Å². The van der Waals surface area contributed by atoms with Gasteiger partial charge in [-0.3, -0.25) is 19.5 Å². The van der Waals surface area contributed by atoms with Crippen molar-refractivity contribution in [1.82, 2.24) is 20.2 Å². The Morgan fingerprint density at radius 1 is 1.39 bits per heavy atom. The Hall–Kier alpha value is -3.62. The third-order valence-electron chi connectivity index (χ3n) is 5.81. The molecule has 4 heterocycles. The number of anilines is 1. The summed E-state index contributed by atoms with van der Waals surface area (Å²) >= 11 is 3.76. The molecule has 1 aliphatic carbocycles. The zero-order chi connectivity index (χ0) is 26.6. The molecule has 0 spiro atoms. The highest BCUT2D eigenvalue weighted by molar-refractivity contribution is 8.08. The number of carbonyl (C=O) groups is 3. The maximum atomic E-state index is 13.2. The first kappa shape index (κ1) is 26.0. The average molecular weight is 571 g/mol.